The van der Waals surface area contributed by atoms with Crippen LogP contribution in [0.1, 0.15) is 58.5 Å². The third kappa shape index (κ3) is 3.93. The number of ketones is 2. The average molecular weight is 575 g/mol. The Hall–Kier alpha value is -4.54. The number of phenols is 4. The SMILES string of the molecule is COc1cc2cc3c(c(O)c2c(O)c1-c1c(OC)cc(O)c2c(O)c4c(cc12)CC(C)(O)CC4=O)C(=O)CC(C)(O)C3. The first kappa shape index (κ1) is 27.6. The molecule has 0 saturated carbocycles. The van der Waals surface area contributed by atoms with Crippen molar-refractivity contribution < 1.29 is 49.7 Å². The van der Waals surface area contributed by atoms with Crippen molar-refractivity contribution in [1.82, 2.24) is 0 Å². The molecule has 0 radical (unpaired) electrons. The number of Topliss-reactive ketones (excluding diaryl/α,β-unsaturated/α-hetero) is 2. The largest absolute Gasteiger partial charge is 0.507 e. The molecule has 4 aromatic carbocycles. The summed E-state index contributed by atoms with van der Waals surface area (Å²) in [7, 11) is 2.72. The number of aliphatic hydroxyl groups is 2. The number of phenolic OH excluding ortho intramolecular Hbond substituents is 4. The lowest BCUT2D eigenvalue weighted by Crippen LogP contribution is -2.35. The molecule has 6 rings (SSSR count). The van der Waals surface area contributed by atoms with Crippen molar-refractivity contribution in [2.24, 2.45) is 0 Å². The van der Waals surface area contributed by atoms with E-state index in [1.54, 1.807) is 25.1 Å². The molecule has 218 valence electrons. The van der Waals surface area contributed by atoms with E-state index in [0.717, 1.165) is 0 Å². The zero-order valence-corrected chi connectivity index (χ0v) is 23.5. The van der Waals surface area contributed by atoms with E-state index in [1.165, 1.54) is 27.2 Å². The van der Waals surface area contributed by atoms with Crippen LogP contribution >= 0.6 is 0 Å². The Kier molecular flexibility index (Phi) is 5.90. The second-order valence-corrected chi connectivity index (χ2v) is 11.9. The van der Waals surface area contributed by atoms with Crippen LogP contribution < -0.4 is 9.47 Å². The summed E-state index contributed by atoms with van der Waals surface area (Å²) in [6, 6.07) is 5.95. The Bertz CT molecular complexity index is 1880. The molecule has 0 amide bonds. The number of hydrogen-bond donors (Lipinski definition) is 6. The highest BCUT2D eigenvalue weighted by atomic mass is 16.5. The van der Waals surface area contributed by atoms with Crippen molar-refractivity contribution in [3.63, 3.8) is 0 Å². The predicted molar refractivity (Wildman–Crippen MR) is 153 cm³/mol. The number of rotatable bonds is 3. The van der Waals surface area contributed by atoms with E-state index in [2.05, 4.69) is 0 Å². The maximum Gasteiger partial charge on any atom is 0.169 e. The summed E-state index contributed by atoms with van der Waals surface area (Å²) >= 11 is 0. The van der Waals surface area contributed by atoms with Gasteiger partial charge < -0.3 is 40.1 Å². The van der Waals surface area contributed by atoms with E-state index in [9.17, 15) is 40.2 Å². The van der Waals surface area contributed by atoms with Gasteiger partial charge in [-0.3, -0.25) is 9.59 Å². The molecule has 42 heavy (non-hydrogen) atoms. The third-order valence-corrected chi connectivity index (χ3v) is 8.31. The average Bonchev–Trinajstić information content (AvgIpc) is 2.86. The van der Waals surface area contributed by atoms with Gasteiger partial charge in [-0.15, -0.1) is 0 Å². The lowest BCUT2D eigenvalue weighted by Gasteiger charge is -2.30. The number of aromatic hydroxyl groups is 4. The van der Waals surface area contributed by atoms with Gasteiger partial charge in [0.25, 0.3) is 0 Å². The Labute approximate surface area is 240 Å². The van der Waals surface area contributed by atoms with E-state index in [-0.39, 0.29) is 81.3 Å². The normalized spacial score (nSPS) is 21.9. The van der Waals surface area contributed by atoms with Gasteiger partial charge in [-0.25, -0.2) is 0 Å². The van der Waals surface area contributed by atoms with Gasteiger partial charge in [-0.2, -0.15) is 0 Å². The molecule has 10 nitrogen and oxygen atoms in total. The second kappa shape index (κ2) is 8.98. The van der Waals surface area contributed by atoms with E-state index in [0.29, 0.717) is 16.5 Å². The molecule has 0 spiro atoms. The zero-order valence-electron chi connectivity index (χ0n) is 23.5. The van der Waals surface area contributed by atoms with Crippen LogP contribution in [0.4, 0.5) is 0 Å². The summed E-state index contributed by atoms with van der Waals surface area (Å²) in [5.41, 5.74) is -1.68. The number of ether oxygens (including phenoxy) is 2. The maximum absolute atomic E-state index is 13.0. The monoisotopic (exact) mass is 574 g/mol. The summed E-state index contributed by atoms with van der Waals surface area (Å²) in [5.74, 6) is -2.51. The maximum atomic E-state index is 13.0. The smallest absolute Gasteiger partial charge is 0.169 e. The molecule has 0 aromatic heterocycles. The summed E-state index contributed by atoms with van der Waals surface area (Å²) in [4.78, 5) is 25.9. The summed E-state index contributed by atoms with van der Waals surface area (Å²) < 4.78 is 11.3. The molecule has 0 bridgehead atoms. The van der Waals surface area contributed by atoms with Crippen molar-refractivity contribution in [1.29, 1.82) is 0 Å². The number of methoxy groups -OCH3 is 2. The standard InChI is InChI=1S/C32H30O10/c1-31(39)9-14-5-13-7-20(41-3)27(30(38)24(13)28(36)22(14)18(34)11-31)26-16-6-15-10-32(2,40)12-19(35)23(15)29(37)25(16)17(33)8-21(26)42-4/h5-8,33,36-40H,9-12H2,1-4H3. The molecule has 0 heterocycles. The quantitative estimate of drug-likeness (QED) is 0.207. The molecule has 2 aliphatic carbocycles. The summed E-state index contributed by atoms with van der Waals surface area (Å²) in [5, 5.41) is 67.1. The van der Waals surface area contributed by atoms with E-state index in [4.69, 9.17) is 9.47 Å². The Balaban J connectivity index is 1.74. The highest BCUT2D eigenvalue weighted by molar-refractivity contribution is 6.16. The number of hydrogen-bond acceptors (Lipinski definition) is 10. The molecule has 6 N–H and O–H groups in total. The van der Waals surface area contributed by atoms with Gasteiger partial charge in [0, 0.05) is 42.7 Å². The second-order valence-electron chi connectivity index (χ2n) is 11.9. The summed E-state index contributed by atoms with van der Waals surface area (Å²) in [6.07, 6.45) is -0.258. The number of fused-ring (bicyclic) bond motifs is 4. The molecule has 2 aliphatic rings. The fourth-order valence-corrected chi connectivity index (χ4v) is 6.68. The molecule has 10 heteroatoms. The fraction of sp³-hybridized carbons (Fsp3) is 0.312. The lowest BCUT2D eigenvalue weighted by atomic mass is 9.78. The van der Waals surface area contributed by atoms with Gasteiger partial charge >= 0.3 is 0 Å². The van der Waals surface area contributed by atoms with Crippen molar-refractivity contribution >= 4 is 33.1 Å². The van der Waals surface area contributed by atoms with Crippen LogP contribution in [-0.4, -0.2) is 67.6 Å². The molecule has 0 aliphatic heterocycles. The Morgan fingerprint density at radius 2 is 1.10 bits per heavy atom. The first-order valence-corrected chi connectivity index (χ1v) is 13.4. The Morgan fingerprint density at radius 1 is 0.619 bits per heavy atom. The third-order valence-electron chi connectivity index (χ3n) is 8.31. The minimum absolute atomic E-state index is 0.00573. The first-order valence-electron chi connectivity index (χ1n) is 13.4. The van der Waals surface area contributed by atoms with Gasteiger partial charge in [0.15, 0.2) is 11.6 Å². The molecule has 0 saturated heterocycles. The van der Waals surface area contributed by atoms with Gasteiger partial charge in [-0.05, 0) is 48.6 Å². The molecule has 4 aromatic rings. The molecular formula is C32H30O10. The molecule has 2 atom stereocenters. The first-order chi connectivity index (χ1) is 19.7. The van der Waals surface area contributed by atoms with E-state index >= 15 is 0 Å². The van der Waals surface area contributed by atoms with Crippen molar-refractivity contribution in [3.8, 4) is 45.6 Å². The zero-order chi connectivity index (χ0) is 30.5. The highest BCUT2D eigenvalue weighted by Crippen LogP contribution is 2.55. The lowest BCUT2D eigenvalue weighted by molar-refractivity contribution is 0.0396. The van der Waals surface area contributed by atoms with Crippen LogP contribution in [0.15, 0.2) is 24.3 Å². The van der Waals surface area contributed by atoms with Crippen LogP contribution in [0.2, 0.25) is 0 Å². The summed E-state index contributed by atoms with van der Waals surface area (Å²) in [6.45, 7) is 3.06. The molecule has 2 unspecified atom stereocenters. The molecule has 0 fully saturated rings. The minimum atomic E-state index is -1.36. The van der Waals surface area contributed by atoms with Gasteiger partial charge in [0.05, 0.1) is 52.9 Å². The topological polar surface area (TPSA) is 174 Å². The van der Waals surface area contributed by atoms with Crippen molar-refractivity contribution in [2.45, 2.75) is 50.7 Å². The predicted octanol–water partition coefficient (Wildman–Crippen LogP) is 4.26. The minimum Gasteiger partial charge on any atom is -0.507 e. The van der Waals surface area contributed by atoms with Gasteiger partial charge in [0.1, 0.15) is 34.5 Å². The van der Waals surface area contributed by atoms with Crippen LogP contribution in [0.5, 0.6) is 34.5 Å². The Morgan fingerprint density at radius 3 is 1.64 bits per heavy atom. The highest BCUT2D eigenvalue weighted by Gasteiger charge is 2.38. The van der Waals surface area contributed by atoms with Crippen molar-refractivity contribution in [3.05, 3.63) is 46.5 Å². The van der Waals surface area contributed by atoms with Crippen LogP contribution in [0.3, 0.4) is 0 Å². The van der Waals surface area contributed by atoms with Crippen LogP contribution in [0.25, 0.3) is 32.7 Å². The molecular weight excluding hydrogens is 544 g/mol. The van der Waals surface area contributed by atoms with Crippen molar-refractivity contribution in [2.75, 3.05) is 14.2 Å². The van der Waals surface area contributed by atoms with E-state index in [1.807, 2.05) is 0 Å². The van der Waals surface area contributed by atoms with Crippen LogP contribution in [0, 0.1) is 0 Å². The number of carbonyl (C=O) groups is 2. The van der Waals surface area contributed by atoms with E-state index < -0.39 is 40.0 Å². The van der Waals surface area contributed by atoms with Gasteiger partial charge in [-0.1, -0.05) is 0 Å². The number of benzene rings is 4. The van der Waals surface area contributed by atoms with Gasteiger partial charge in [0.2, 0.25) is 0 Å². The fourth-order valence-electron chi connectivity index (χ4n) is 6.68. The van der Waals surface area contributed by atoms with Crippen LogP contribution in [-0.2, 0) is 12.8 Å². The number of carbonyl (C=O) groups excluding carboxylic acids is 2.